The van der Waals surface area contributed by atoms with Crippen LogP contribution in [0.1, 0.15) is 18.9 Å². The van der Waals surface area contributed by atoms with Crippen LogP contribution in [0.15, 0.2) is 83.9 Å². The highest BCUT2D eigenvalue weighted by atomic mass is 32.2. The van der Waals surface area contributed by atoms with Gasteiger partial charge in [-0.25, -0.2) is 8.42 Å². The van der Waals surface area contributed by atoms with Crippen molar-refractivity contribution in [3.63, 3.8) is 0 Å². The molecule has 0 aliphatic heterocycles. The molecule has 0 bridgehead atoms. The molecule has 0 amide bonds. The summed E-state index contributed by atoms with van der Waals surface area (Å²) in [6.45, 7) is 1.91. The predicted molar refractivity (Wildman–Crippen MR) is 128 cm³/mol. The summed E-state index contributed by atoms with van der Waals surface area (Å²) in [6.07, 6.45) is -2.79. The number of halogens is 3. The van der Waals surface area contributed by atoms with E-state index < -0.39 is 26.8 Å². The molecule has 8 heteroatoms. The van der Waals surface area contributed by atoms with Crippen molar-refractivity contribution < 1.29 is 21.6 Å². The summed E-state index contributed by atoms with van der Waals surface area (Å²) in [5, 5.41) is -0.216. The zero-order valence-corrected chi connectivity index (χ0v) is 19.2. The molecule has 0 fully saturated rings. The molecule has 1 heterocycles. The lowest BCUT2D eigenvalue weighted by Gasteiger charge is -2.14. The molecule has 0 aliphatic carbocycles. The number of para-hydroxylation sites is 1. The number of rotatable bonds is 6. The Morgan fingerprint density at radius 3 is 2.26 bits per heavy atom. The second-order valence-electron chi connectivity index (χ2n) is 8.10. The van der Waals surface area contributed by atoms with Gasteiger partial charge in [-0.1, -0.05) is 42.5 Å². The van der Waals surface area contributed by atoms with Gasteiger partial charge in [0.1, 0.15) is 0 Å². The summed E-state index contributed by atoms with van der Waals surface area (Å²) in [7, 11) is -3.54. The first-order chi connectivity index (χ1) is 16.1. The van der Waals surface area contributed by atoms with E-state index in [4.69, 9.17) is 5.73 Å². The summed E-state index contributed by atoms with van der Waals surface area (Å²) in [5.74, 6) is 0. The first kappa shape index (κ1) is 23.9. The molecular weight excluding hydrogens is 461 g/mol. The van der Waals surface area contributed by atoms with E-state index in [-0.39, 0.29) is 17.0 Å². The van der Waals surface area contributed by atoms with Crippen LogP contribution in [0, 0.1) is 0 Å². The van der Waals surface area contributed by atoms with Gasteiger partial charge in [0.25, 0.3) is 0 Å². The Bertz CT molecular complexity index is 1450. The van der Waals surface area contributed by atoms with Gasteiger partial charge in [0.2, 0.25) is 0 Å². The summed E-state index contributed by atoms with van der Waals surface area (Å²) in [6, 6.07) is 19.6. The summed E-state index contributed by atoms with van der Waals surface area (Å²) in [5.41, 5.74) is 7.39. The Labute approximate surface area is 196 Å². The number of hydrogen-bond acceptors (Lipinski definition) is 4. The lowest BCUT2D eigenvalue weighted by molar-refractivity contribution is -0.136. The molecule has 0 saturated heterocycles. The van der Waals surface area contributed by atoms with Crippen molar-refractivity contribution in [3.05, 3.63) is 84.6 Å². The number of hydrogen-bond donors (Lipinski definition) is 1. The van der Waals surface area contributed by atoms with Gasteiger partial charge in [0, 0.05) is 11.6 Å². The normalized spacial score (nSPS) is 13.2. The van der Waals surface area contributed by atoms with Crippen LogP contribution in [0.3, 0.4) is 0 Å². The number of benzene rings is 3. The van der Waals surface area contributed by atoms with E-state index in [0.717, 1.165) is 11.6 Å². The minimum atomic E-state index is -4.51. The molecular formula is C26H23F3N2O2S. The Balaban J connectivity index is 1.80. The second kappa shape index (κ2) is 9.19. The lowest BCUT2D eigenvalue weighted by atomic mass is 9.96. The summed E-state index contributed by atoms with van der Waals surface area (Å²) < 4.78 is 66.2. The number of fused-ring (bicyclic) bond motifs is 1. The van der Waals surface area contributed by atoms with Crippen molar-refractivity contribution in [2.45, 2.75) is 29.7 Å². The molecule has 0 spiro atoms. The van der Waals surface area contributed by atoms with Gasteiger partial charge in [0.15, 0.2) is 9.84 Å². The van der Waals surface area contributed by atoms with Crippen LogP contribution in [0.25, 0.3) is 33.2 Å². The van der Waals surface area contributed by atoms with Crippen molar-refractivity contribution in [3.8, 4) is 22.3 Å². The number of pyridine rings is 1. The van der Waals surface area contributed by atoms with Crippen LogP contribution in [0.5, 0.6) is 0 Å². The average Bonchev–Trinajstić information content (AvgIpc) is 2.83. The highest BCUT2D eigenvalue weighted by Gasteiger charge is 2.33. The van der Waals surface area contributed by atoms with E-state index in [1.165, 1.54) is 12.3 Å². The molecule has 1 aromatic heterocycles. The topological polar surface area (TPSA) is 73.1 Å². The van der Waals surface area contributed by atoms with Crippen molar-refractivity contribution >= 4 is 20.7 Å². The van der Waals surface area contributed by atoms with E-state index in [9.17, 15) is 21.6 Å². The SMILES string of the molecule is CC(CCN)S(=O)(=O)c1cccc(-c2cccc(-c3ccnc4c(C(F)(F)F)cccc34)c2)c1. The number of alkyl halides is 3. The van der Waals surface area contributed by atoms with Gasteiger partial charge < -0.3 is 5.73 Å². The third-order valence-corrected chi connectivity index (χ3v) is 8.05. The molecule has 3 aromatic carbocycles. The van der Waals surface area contributed by atoms with Gasteiger partial charge in [-0.2, -0.15) is 13.2 Å². The fraction of sp³-hybridized carbons (Fsp3) is 0.192. The van der Waals surface area contributed by atoms with E-state index >= 15 is 0 Å². The zero-order valence-electron chi connectivity index (χ0n) is 18.4. The molecule has 0 aliphatic rings. The van der Waals surface area contributed by atoms with Crippen LogP contribution in [0.2, 0.25) is 0 Å². The number of aromatic nitrogens is 1. The maximum absolute atomic E-state index is 13.5. The molecule has 1 atom stereocenters. The standard InChI is InChI=1S/C26H23F3N2O2S/c1-17(11-13-30)34(32,33)21-8-3-6-19(16-21)18-5-2-7-20(15-18)22-12-14-31-25-23(22)9-4-10-24(25)26(27,28)29/h2-10,12,14-17H,11,13,30H2,1H3. The third kappa shape index (κ3) is 4.56. The molecule has 1 unspecified atom stereocenters. The van der Waals surface area contributed by atoms with Crippen LogP contribution in [-0.4, -0.2) is 25.2 Å². The maximum atomic E-state index is 13.5. The Morgan fingerprint density at radius 1 is 0.912 bits per heavy atom. The number of nitrogens with zero attached hydrogens (tertiary/aromatic N) is 1. The zero-order chi connectivity index (χ0) is 24.5. The fourth-order valence-electron chi connectivity index (χ4n) is 4.00. The molecule has 0 radical (unpaired) electrons. The van der Waals surface area contributed by atoms with Gasteiger partial charge in [-0.05, 0) is 72.5 Å². The summed E-state index contributed by atoms with van der Waals surface area (Å²) >= 11 is 0. The van der Waals surface area contributed by atoms with E-state index in [1.54, 1.807) is 49.4 Å². The molecule has 2 N–H and O–H groups in total. The van der Waals surface area contributed by atoms with Crippen LogP contribution in [-0.2, 0) is 16.0 Å². The highest BCUT2D eigenvalue weighted by Crippen LogP contribution is 2.37. The van der Waals surface area contributed by atoms with Crippen molar-refractivity contribution in [1.82, 2.24) is 4.98 Å². The minimum Gasteiger partial charge on any atom is -0.330 e. The molecule has 4 aromatic rings. The van der Waals surface area contributed by atoms with Crippen molar-refractivity contribution in [2.24, 2.45) is 5.73 Å². The van der Waals surface area contributed by atoms with Gasteiger partial charge in [0.05, 0.1) is 21.2 Å². The van der Waals surface area contributed by atoms with Gasteiger partial charge >= 0.3 is 6.18 Å². The molecule has 0 saturated carbocycles. The van der Waals surface area contributed by atoms with Crippen LogP contribution >= 0.6 is 0 Å². The van der Waals surface area contributed by atoms with Crippen molar-refractivity contribution in [2.75, 3.05) is 6.54 Å². The maximum Gasteiger partial charge on any atom is 0.418 e. The second-order valence-corrected chi connectivity index (χ2v) is 10.5. The Kier molecular flexibility index (Phi) is 6.47. The number of sulfone groups is 1. The van der Waals surface area contributed by atoms with E-state index in [2.05, 4.69) is 4.98 Å². The Hall–Kier alpha value is -3.23. The monoisotopic (exact) mass is 484 g/mol. The first-order valence-corrected chi connectivity index (χ1v) is 12.3. The molecule has 4 rings (SSSR count). The fourth-order valence-corrected chi connectivity index (χ4v) is 5.47. The number of nitrogens with two attached hydrogens (primary N) is 1. The molecule has 34 heavy (non-hydrogen) atoms. The molecule has 176 valence electrons. The lowest BCUT2D eigenvalue weighted by Crippen LogP contribution is -2.21. The van der Waals surface area contributed by atoms with Gasteiger partial charge in [-0.15, -0.1) is 0 Å². The van der Waals surface area contributed by atoms with Crippen LogP contribution in [0.4, 0.5) is 13.2 Å². The Morgan fingerprint density at radius 2 is 1.56 bits per heavy atom. The highest BCUT2D eigenvalue weighted by molar-refractivity contribution is 7.92. The van der Waals surface area contributed by atoms with Crippen molar-refractivity contribution in [1.29, 1.82) is 0 Å². The average molecular weight is 485 g/mol. The van der Waals surface area contributed by atoms with Crippen LogP contribution < -0.4 is 5.73 Å². The van der Waals surface area contributed by atoms with Gasteiger partial charge in [-0.3, -0.25) is 4.98 Å². The smallest absolute Gasteiger partial charge is 0.330 e. The van der Waals surface area contributed by atoms with E-state index in [1.807, 2.05) is 18.2 Å². The first-order valence-electron chi connectivity index (χ1n) is 10.7. The van der Waals surface area contributed by atoms with E-state index in [0.29, 0.717) is 28.5 Å². The largest absolute Gasteiger partial charge is 0.418 e. The minimum absolute atomic E-state index is 0.111. The predicted octanol–water partition coefficient (Wildman–Crippen LogP) is 6.10. The molecule has 4 nitrogen and oxygen atoms in total. The summed E-state index contributed by atoms with van der Waals surface area (Å²) in [4.78, 5) is 4.20. The quantitative estimate of drug-likeness (QED) is 0.359. The third-order valence-electron chi connectivity index (χ3n) is 5.85.